The summed E-state index contributed by atoms with van der Waals surface area (Å²) in [5.74, 6) is 0.556. The van der Waals surface area contributed by atoms with Gasteiger partial charge in [0.1, 0.15) is 24.1 Å². The molecule has 5 atom stereocenters. The average molecular weight is 440 g/mol. The number of imidazole rings is 1. The van der Waals surface area contributed by atoms with Crippen LogP contribution in [0.5, 0.6) is 0 Å². The lowest BCUT2D eigenvalue weighted by molar-refractivity contribution is -0.0950. The van der Waals surface area contributed by atoms with Gasteiger partial charge in [0.2, 0.25) is 0 Å². The van der Waals surface area contributed by atoms with Gasteiger partial charge in [-0.25, -0.2) is 15.0 Å². The Morgan fingerprint density at radius 1 is 1.38 bits per heavy atom. The van der Waals surface area contributed by atoms with E-state index in [1.54, 1.807) is 4.57 Å². The first-order chi connectivity index (χ1) is 13.8. The Hall–Kier alpha value is -1.82. The van der Waals surface area contributed by atoms with Crippen molar-refractivity contribution in [3.05, 3.63) is 34.0 Å². The molecule has 9 nitrogen and oxygen atoms in total. The van der Waals surface area contributed by atoms with Crippen LogP contribution in [0.2, 0.25) is 4.34 Å². The van der Waals surface area contributed by atoms with Crippen LogP contribution < -0.4 is 5.32 Å². The number of aromatic nitrogens is 4. The number of nitrogens with one attached hydrogen (secondary N) is 1. The Bertz CT molecular complexity index is 1010. The predicted octanol–water partition coefficient (Wildman–Crippen LogP) is 1.59. The fourth-order valence-electron chi connectivity index (χ4n) is 3.57. The van der Waals surface area contributed by atoms with Gasteiger partial charge in [-0.2, -0.15) is 0 Å². The van der Waals surface area contributed by atoms with Crippen LogP contribution in [0, 0.1) is 0 Å². The minimum Gasteiger partial charge on any atom is -0.394 e. The van der Waals surface area contributed by atoms with Gasteiger partial charge in [0.15, 0.2) is 23.2 Å². The molecule has 1 fully saturated rings. The number of hydrogen-bond donors (Lipinski definition) is 4. The highest BCUT2D eigenvalue weighted by Gasteiger charge is 2.53. The Morgan fingerprint density at radius 2 is 2.17 bits per heavy atom. The monoisotopic (exact) mass is 439 g/mol. The van der Waals surface area contributed by atoms with E-state index in [0.29, 0.717) is 17.0 Å². The van der Waals surface area contributed by atoms with Gasteiger partial charge in [0.25, 0.3) is 0 Å². The number of ether oxygens (including phenoxy) is 1. The molecule has 156 valence electrons. The number of fused-ring (bicyclic) bond motifs is 1. The molecule has 0 saturated carbocycles. The minimum absolute atomic E-state index is 0.0689. The molecule has 11 heteroatoms. The molecule has 1 aliphatic rings. The number of hydrogen-bond acceptors (Lipinski definition) is 9. The Balaban J connectivity index is 1.60. The van der Waals surface area contributed by atoms with E-state index >= 15 is 0 Å². The van der Waals surface area contributed by atoms with Gasteiger partial charge in [0, 0.05) is 17.3 Å². The zero-order valence-corrected chi connectivity index (χ0v) is 17.4. The Morgan fingerprint density at radius 3 is 2.83 bits per heavy atom. The van der Waals surface area contributed by atoms with Crippen LogP contribution in [0.1, 0.15) is 25.0 Å². The van der Waals surface area contributed by atoms with E-state index < -0.39 is 30.6 Å². The number of anilines is 1. The van der Waals surface area contributed by atoms with E-state index in [-0.39, 0.29) is 6.04 Å². The van der Waals surface area contributed by atoms with Crippen molar-refractivity contribution < 1.29 is 20.1 Å². The molecule has 29 heavy (non-hydrogen) atoms. The second-order valence-electron chi connectivity index (χ2n) is 7.38. The van der Waals surface area contributed by atoms with Crippen LogP contribution >= 0.6 is 22.9 Å². The van der Waals surface area contributed by atoms with Crippen molar-refractivity contribution in [2.75, 3.05) is 11.9 Å². The summed E-state index contributed by atoms with van der Waals surface area (Å²) in [7, 11) is 0. The maximum atomic E-state index is 10.7. The molecule has 3 aromatic rings. The third-order valence-electron chi connectivity index (χ3n) is 5.07. The summed E-state index contributed by atoms with van der Waals surface area (Å²) >= 11 is 7.54. The molecule has 4 heterocycles. The number of thiophene rings is 1. The first-order valence-corrected chi connectivity index (χ1v) is 10.4. The maximum Gasteiger partial charge on any atom is 0.168 e. The number of aliphatic hydroxyl groups excluding tert-OH is 2. The summed E-state index contributed by atoms with van der Waals surface area (Å²) < 4.78 is 7.97. The second-order valence-corrected chi connectivity index (χ2v) is 9.18. The molecule has 0 aromatic carbocycles. The molecular weight excluding hydrogens is 418 g/mol. The van der Waals surface area contributed by atoms with Gasteiger partial charge in [-0.3, -0.25) is 4.57 Å². The normalized spacial score (nSPS) is 28.1. The standard InChI is InChI=1S/C18H22ClN5O4S/c1-9(5-10-3-4-12(19)29-10)23-15-13-16(21-7-20-15)24(8-22-13)17-18(2,27)14(26)11(6-25)28-17/h3-4,7-9,11,14,17,25-27H,5-6H2,1-2H3,(H,20,21,23)/t9-,11-,14-,17-,18-/m1/s1. The number of nitrogens with zero attached hydrogens (tertiary/aromatic N) is 4. The van der Waals surface area contributed by atoms with Crippen molar-refractivity contribution in [3.8, 4) is 0 Å². The average Bonchev–Trinajstić information content (AvgIpc) is 3.33. The van der Waals surface area contributed by atoms with Gasteiger partial charge in [-0.15, -0.1) is 11.3 Å². The Kier molecular flexibility index (Phi) is 5.49. The van der Waals surface area contributed by atoms with Gasteiger partial charge in [-0.1, -0.05) is 11.6 Å². The molecule has 0 bridgehead atoms. The van der Waals surface area contributed by atoms with Crippen molar-refractivity contribution in [2.45, 2.75) is 50.3 Å². The third-order valence-corrected chi connectivity index (χ3v) is 6.32. The molecule has 1 saturated heterocycles. The second kappa shape index (κ2) is 7.78. The quantitative estimate of drug-likeness (QED) is 0.456. The zero-order valence-electron chi connectivity index (χ0n) is 15.9. The van der Waals surface area contributed by atoms with E-state index in [1.807, 2.05) is 19.1 Å². The smallest absolute Gasteiger partial charge is 0.168 e. The van der Waals surface area contributed by atoms with Crippen LogP contribution in [0.4, 0.5) is 5.82 Å². The summed E-state index contributed by atoms with van der Waals surface area (Å²) in [4.78, 5) is 14.1. The Labute approximate surface area is 176 Å². The van der Waals surface area contributed by atoms with E-state index in [1.165, 1.54) is 30.9 Å². The molecule has 0 spiro atoms. The molecule has 0 aliphatic carbocycles. The van der Waals surface area contributed by atoms with Crippen molar-refractivity contribution in [1.29, 1.82) is 0 Å². The van der Waals surface area contributed by atoms with Gasteiger partial charge < -0.3 is 25.4 Å². The third kappa shape index (κ3) is 3.72. The lowest BCUT2D eigenvalue weighted by Gasteiger charge is -2.27. The van der Waals surface area contributed by atoms with Gasteiger partial charge in [-0.05, 0) is 26.0 Å². The van der Waals surface area contributed by atoms with E-state index in [4.69, 9.17) is 16.3 Å². The van der Waals surface area contributed by atoms with Crippen molar-refractivity contribution >= 4 is 39.9 Å². The molecule has 1 aliphatic heterocycles. The van der Waals surface area contributed by atoms with E-state index in [0.717, 1.165) is 15.6 Å². The van der Waals surface area contributed by atoms with Crippen LogP contribution in [-0.2, 0) is 11.2 Å². The summed E-state index contributed by atoms with van der Waals surface area (Å²) in [5.41, 5.74) is -0.652. The predicted molar refractivity (Wildman–Crippen MR) is 109 cm³/mol. The summed E-state index contributed by atoms with van der Waals surface area (Å²) in [6.45, 7) is 3.08. The fraction of sp³-hybridized carbons (Fsp3) is 0.500. The number of aliphatic hydroxyl groups is 3. The summed E-state index contributed by atoms with van der Waals surface area (Å²) in [5, 5.41) is 33.7. The first-order valence-electron chi connectivity index (χ1n) is 9.16. The van der Waals surface area contributed by atoms with Crippen LogP contribution in [-0.4, -0.2) is 65.3 Å². The fourth-order valence-corrected chi connectivity index (χ4v) is 4.78. The topological polar surface area (TPSA) is 126 Å². The van der Waals surface area contributed by atoms with E-state index in [9.17, 15) is 15.3 Å². The van der Waals surface area contributed by atoms with Gasteiger partial charge in [0.05, 0.1) is 17.3 Å². The highest BCUT2D eigenvalue weighted by atomic mass is 35.5. The molecule has 3 aromatic heterocycles. The lowest BCUT2D eigenvalue weighted by atomic mass is 9.96. The summed E-state index contributed by atoms with van der Waals surface area (Å²) in [6, 6.07) is 3.94. The largest absolute Gasteiger partial charge is 0.394 e. The molecule has 0 amide bonds. The number of rotatable bonds is 6. The molecular formula is C18H22ClN5O4S. The lowest BCUT2D eigenvalue weighted by Crippen LogP contribution is -2.44. The van der Waals surface area contributed by atoms with Crippen LogP contribution in [0.15, 0.2) is 24.8 Å². The van der Waals surface area contributed by atoms with Crippen molar-refractivity contribution in [1.82, 2.24) is 19.5 Å². The number of halogens is 1. The molecule has 4 rings (SSSR count). The van der Waals surface area contributed by atoms with Crippen molar-refractivity contribution in [2.24, 2.45) is 0 Å². The molecule has 0 radical (unpaired) electrons. The molecule has 0 unspecified atom stereocenters. The SMILES string of the molecule is C[C@H](Cc1ccc(Cl)s1)Nc1ncnc2c1ncn2[C@@H]1O[C@H](CO)[C@@H](O)[C@@]1(C)O. The first kappa shape index (κ1) is 20.5. The summed E-state index contributed by atoms with van der Waals surface area (Å²) in [6.07, 6.45) is 0.569. The van der Waals surface area contributed by atoms with Crippen LogP contribution in [0.3, 0.4) is 0 Å². The van der Waals surface area contributed by atoms with Gasteiger partial charge >= 0.3 is 0 Å². The minimum atomic E-state index is -1.62. The van der Waals surface area contributed by atoms with E-state index in [2.05, 4.69) is 20.3 Å². The zero-order chi connectivity index (χ0) is 20.8. The maximum absolute atomic E-state index is 10.7. The highest BCUT2D eigenvalue weighted by molar-refractivity contribution is 7.16. The van der Waals surface area contributed by atoms with Crippen LogP contribution in [0.25, 0.3) is 11.2 Å². The highest BCUT2D eigenvalue weighted by Crippen LogP contribution is 2.39. The van der Waals surface area contributed by atoms with Crippen molar-refractivity contribution in [3.63, 3.8) is 0 Å². The molecule has 4 N–H and O–H groups in total.